The smallest absolute Gasteiger partial charge is 0.400 e. The minimum atomic E-state index is -0.523. The van der Waals surface area contributed by atoms with Crippen LogP contribution in [0.15, 0.2) is 42.4 Å². The lowest BCUT2D eigenvalue weighted by molar-refractivity contribution is 0.00578. The maximum Gasteiger partial charge on any atom is 0.486 e. The van der Waals surface area contributed by atoms with E-state index < -0.39 is 6.10 Å². The Morgan fingerprint density at radius 1 is 1.05 bits per heavy atom. The lowest BCUT2D eigenvalue weighted by Crippen LogP contribution is -2.41. The van der Waals surface area contributed by atoms with Crippen molar-refractivity contribution in [3.63, 3.8) is 0 Å². The van der Waals surface area contributed by atoms with Crippen LogP contribution in [0.4, 0.5) is 0 Å². The van der Waals surface area contributed by atoms with Gasteiger partial charge in [-0.1, -0.05) is 49.3 Å². The molecule has 1 heterocycles. The third-order valence-corrected chi connectivity index (χ3v) is 4.48. The van der Waals surface area contributed by atoms with Gasteiger partial charge in [-0.25, -0.2) is 0 Å². The minimum Gasteiger partial charge on any atom is -0.400 e. The highest BCUT2D eigenvalue weighted by Gasteiger charge is 2.50. The zero-order chi connectivity index (χ0) is 15.7. The van der Waals surface area contributed by atoms with Crippen molar-refractivity contribution in [3.05, 3.63) is 47.9 Å². The molecular weight excluding hydrogens is 263 g/mol. The highest BCUT2D eigenvalue weighted by molar-refractivity contribution is 6.51. The molecule has 0 aromatic heterocycles. The number of aliphatic hydroxyl groups excluding tert-OH is 1. The molecule has 0 aliphatic carbocycles. The maximum atomic E-state index is 10.3. The quantitative estimate of drug-likeness (QED) is 0.861. The van der Waals surface area contributed by atoms with Gasteiger partial charge in [0.2, 0.25) is 0 Å². The number of benzene rings is 1. The Bertz CT molecular complexity index is 480. The van der Waals surface area contributed by atoms with Gasteiger partial charge in [0.25, 0.3) is 0 Å². The fraction of sp³-hybridized carbons (Fsp3) is 0.529. The van der Waals surface area contributed by atoms with Crippen LogP contribution in [0.5, 0.6) is 0 Å². The Kier molecular flexibility index (Phi) is 4.62. The summed E-state index contributed by atoms with van der Waals surface area (Å²) in [5.74, 6) is 1.89. The van der Waals surface area contributed by atoms with Gasteiger partial charge in [0, 0.05) is 5.92 Å². The maximum absolute atomic E-state index is 10.3. The zero-order valence-electron chi connectivity index (χ0n) is 13.5. The molecule has 1 aliphatic rings. The summed E-state index contributed by atoms with van der Waals surface area (Å²) in [6, 6.07) is 9.68. The summed E-state index contributed by atoms with van der Waals surface area (Å²) in [6.07, 6.45) is 1.43. The Labute approximate surface area is 128 Å². The van der Waals surface area contributed by atoms with Crippen LogP contribution in [-0.2, 0) is 9.31 Å². The normalized spacial score (nSPS) is 23.4. The Hall–Kier alpha value is -1.10. The van der Waals surface area contributed by atoms with Gasteiger partial charge in [0.15, 0.2) is 0 Å². The molecule has 21 heavy (non-hydrogen) atoms. The minimum absolute atomic E-state index is 0.00794. The van der Waals surface area contributed by atoms with Crippen molar-refractivity contribution in [3.8, 4) is 0 Å². The van der Waals surface area contributed by atoms with Crippen molar-refractivity contribution in [2.24, 2.45) is 5.92 Å². The summed E-state index contributed by atoms with van der Waals surface area (Å²) < 4.78 is 11.8. The third kappa shape index (κ3) is 3.57. The monoisotopic (exact) mass is 288 g/mol. The molecule has 1 aliphatic heterocycles. The Morgan fingerprint density at radius 2 is 1.57 bits per heavy atom. The summed E-state index contributed by atoms with van der Waals surface area (Å²) >= 11 is 0. The molecule has 0 radical (unpaired) electrons. The van der Waals surface area contributed by atoms with Crippen LogP contribution < -0.4 is 0 Å². The lowest BCUT2D eigenvalue weighted by Gasteiger charge is -2.32. The average molecular weight is 288 g/mol. The standard InChI is InChI=1S/C17H25BO3/c1-13(15(19)14-9-7-6-8-10-14)11-12-18-20-16(2,3)17(4,5)21-18/h6-13,15,19H,1-5H3/b12-11+/t13-,15+/m0/s1. The molecule has 1 aromatic carbocycles. The Balaban J connectivity index is 1.99. The van der Waals surface area contributed by atoms with Crippen molar-refractivity contribution < 1.29 is 14.4 Å². The molecule has 114 valence electrons. The van der Waals surface area contributed by atoms with Crippen LogP contribution in [-0.4, -0.2) is 23.4 Å². The van der Waals surface area contributed by atoms with Crippen LogP contribution in [0.25, 0.3) is 0 Å². The first-order valence-corrected chi connectivity index (χ1v) is 7.50. The average Bonchev–Trinajstić information content (AvgIpc) is 2.64. The van der Waals surface area contributed by atoms with Crippen molar-refractivity contribution in [1.29, 1.82) is 0 Å². The summed E-state index contributed by atoms with van der Waals surface area (Å²) in [5.41, 5.74) is 0.260. The van der Waals surface area contributed by atoms with Gasteiger partial charge in [-0.15, -0.1) is 0 Å². The van der Waals surface area contributed by atoms with Crippen LogP contribution in [0.3, 0.4) is 0 Å². The molecule has 2 rings (SSSR count). The molecule has 1 fully saturated rings. The SMILES string of the molecule is C[C@@H](/C=C/B1OC(C)(C)C(C)(C)O1)[C@@H](O)c1ccccc1. The summed E-state index contributed by atoms with van der Waals surface area (Å²) in [4.78, 5) is 0. The molecule has 0 unspecified atom stereocenters. The fourth-order valence-electron chi connectivity index (χ4n) is 2.29. The molecule has 1 N–H and O–H groups in total. The number of hydrogen-bond donors (Lipinski definition) is 1. The van der Waals surface area contributed by atoms with Gasteiger partial charge < -0.3 is 14.4 Å². The van der Waals surface area contributed by atoms with Gasteiger partial charge in [-0.2, -0.15) is 0 Å². The third-order valence-electron chi connectivity index (χ3n) is 4.48. The molecule has 3 nitrogen and oxygen atoms in total. The summed E-state index contributed by atoms with van der Waals surface area (Å²) in [6.45, 7) is 10.1. The van der Waals surface area contributed by atoms with E-state index in [0.29, 0.717) is 0 Å². The van der Waals surface area contributed by atoms with Crippen molar-refractivity contribution in [1.82, 2.24) is 0 Å². The summed E-state index contributed by atoms with van der Waals surface area (Å²) in [5, 5.41) is 10.3. The van der Waals surface area contributed by atoms with Crippen molar-refractivity contribution >= 4 is 7.12 Å². The number of rotatable bonds is 4. The molecule has 2 atom stereocenters. The molecule has 0 amide bonds. The van der Waals surface area contributed by atoms with Gasteiger partial charge in [-0.05, 0) is 33.3 Å². The van der Waals surface area contributed by atoms with E-state index in [0.717, 1.165) is 5.56 Å². The second kappa shape index (κ2) is 5.95. The molecular formula is C17H25BO3. The van der Waals surface area contributed by atoms with E-state index in [-0.39, 0.29) is 24.2 Å². The molecule has 1 aromatic rings. The van der Waals surface area contributed by atoms with Crippen LogP contribution in [0, 0.1) is 5.92 Å². The molecule has 0 bridgehead atoms. The summed E-state index contributed by atoms with van der Waals surface area (Å²) in [7, 11) is -0.361. The first-order chi connectivity index (χ1) is 9.73. The predicted molar refractivity (Wildman–Crippen MR) is 85.8 cm³/mol. The first-order valence-electron chi connectivity index (χ1n) is 7.50. The van der Waals surface area contributed by atoms with E-state index in [2.05, 4.69) is 0 Å². The van der Waals surface area contributed by atoms with Gasteiger partial charge in [-0.3, -0.25) is 0 Å². The largest absolute Gasteiger partial charge is 0.486 e. The van der Waals surface area contributed by atoms with E-state index in [1.165, 1.54) is 0 Å². The second-order valence-electron chi connectivity index (χ2n) is 6.72. The topological polar surface area (TPSA) is 38.7 Å². The highest BCUT2D eigenvalue weighted by Crippen LogP contribution is 2.37. The number of hydrogen-bond acceptors (Lipinski definition) is 3. The van der Waals surface area contributed by atoms with Crippen molar-refractivity contribution in [2.75, 3.05) is 0 Å². The Morgan fingerprint density at radius 3 is 2.10 bits per heavy atom. The fourth-order valence-corrected chi connectivity index (χ4v) is 2.29. The van der Waals surface area contributed by atoms with E-state index >= 15 is 0 Å². The van der Waals surface area contributed by atoms with Crippen molar-refractivity contribution in [2.45, 2.75) is 51.9 Å². The first kappa shape index (κ1) is 16.3. The highest BCUT2D eigenvalue weighted by atomic mass is 16.7. The molecule has 1 saturated heterocycles. The van der Waals surface area contributed by atoms with E-state index in [1.54, 1.807) is 0 Å². The lowest BCUT2D eigenvalue weighted by atomic mass is 9.86. The van der Waals surface area contributed by atoms with Crippen LogP contribution in [0.2, 0.25) is 0 Å². The predicted octanol–water partition coefficient (Wildman–Crippen LogP) is 3.54. The number of aliphatic hydroxyl groups is 1. The van der Waals surface area contributed by atoms with Crippen LogP contribution >= 0.6 is 0 Å². The molecule has 4 heteroatoms. The second-order valence-corrected chi connectivity index (χ2v) is 6.72. The van der Waals surface area contributed by atoms with Gasteiger partial charge in [0.05, 0.1) is 17.3 Å². The zero-order valence-corrected chi connectivity index (χ0v) is 13.5. The van der Waals surface area contributed by atoms with Gasteiger partial charge in [0.1, 0.15) is 0 Å². The van der Waals surface area contributed by atoms with E-state index in [4.69, 9.17) is 9.31 Å². The molecule has 0 spiro atoms. The van der Waals surface area contributed by atoms with Crippen LogP contribution in [0.1, 0.15) is 46.3 Å². The molecule has 0 saturated carbocycles. The van der Waals surface area contributed by atoms with Gasteiger partial charge >= 0.3 is 7.12 Å². The van der Waals surface area contributed by atoms with E-state index in [1.807, 2.05) is 77.0 Å². The van der Waals surface area contributed by atoms with E-state index in [9.17, 15) is 5.11 Å².